The number of aliphatic hydroxyl groups is 1. The minimum absolute atomic E-state index is 0.196. The summed E-state index contributed by atoms with van der Waals surface area (Å²) in [5.41, 5.74) is 6.46. The van der Waals surface area contributed by atoms with Gasteiger partial charge in [-0.15, -0.1) is 0 Å². The van der Waals surface area contributed by atoms with Gasteiger partial charge >= 0.3 is 6.09 Å². The van der Waals surface area contributed by atoms with Crippen molar-refractivity contribution in [2.45, 2.75) is 12.6 Å². The largest absolute Gasteiger partial charge is 0.441 e. The molecule has 33 heavy (non-hydrogen) atoms. The van der Waals surface area contributed by atoms with E-state index in [9.17, 15) is 9.90 Å². The number of benzene rings is 2. The number of imidazole rings is 1. The summed E-state index contributed by atoms with van der Waals surface area (Å²) < 4.78 is 9.43. The van der Waals surface area contributed by atoms with Crippen LogP contribution < -0.4 is 4.90 Å². The van der Waals surface area contributed by atoms with E-state index < -0.39 is 12.2 Å². The molecule has 6 rings (SSSR count). The third-order valence-electron chi connectivity index (χ3n) is 6.15. The molecule has 1 amide bonds. The molecule has 0 radical (unpaired) electrons. The number of anilines is 1. The Morgan fingerprint density at radius 3 is 2.76 bits per heavy atom. The molecule has 0 saturated carbocycles. The molecule has 162 valence electrons. The molecule has 2 aromatic carbocycles. The molecule has 2 aliphatic heterocycles. The highest BCUT2D eigenvalue weighted by atomic mass is 16.6. The van der Waals surface area contributed by atoms with E-state index in [1.54, 1.807) is 11.1 Å². The highest BCUT2D eigenvalue weighted by Gasteiger charge is 2.32. The summed E-state index contributed by atoms with van der Waals surface area (Å²) in [4.78, 5) is 21.9. The van der Waals surface area contributed by atoms with Gasteiger partial charge in [-0.2, -0.15) is 0 Å². The number of amides is 1. The fourth-order valence-electron chi connectivity index (χ4n) is 4.51. The first kappa shape index (κ1) is 19.3. The second-order valence-corrected chi connectivity index (χ2v) is 8.13. The molecule has 1 fully saturated rings. The summed E-state index contributed by atoms with van der Waals surface area (Å²) in [7, 11) is 0. The third kappa shape index (κ3) is 3.10. The van der Waals surface area contributed by atoms with Crippen molar-refractivity contribution in [3.05, 3.63) is 84.1 Å². The third-order valence-corrected chi connectivity index (χ3v) is 6.15. The van der Waals surface area contributed by atoms with E-state index in [0.29, 0.717) is 18.8 Å². The number of carbonyl (C=O) groups is 1. The Balaban J connectivity index is 1.43. The quantitative estimate of drug-likeness (QED) is 0.429. The highest BCUT2D eigenvalue weighted by molar-refractivity contribution is 5.90. The number of ether oxygens (including phenoxy) is 1. The monoisotopic (exact) mass is 437 g/mol. The molecule has 1 saturated heterocycles. The number of cyclic esters (lactones) is 1. The van der Waals surface area contributed by atoms with Gasteiger partial charge < -0.3 is 14.4 Å². The number of hydrogen-bond donors (Lipinski definition) is 1. The van der Waals surface area contributed by atoms with Crippen molar-refractivity contribution in [3.8, 4) is 28.3 Å². The van der Waals surface area contributed by atoms with Gasteiger partial charge in [0.1, 0.15) is 6.10 Å². The lowest BCUT2D eigenvalue weighted by Crippen LogP contribution is -2.25. The van der Waals surface area contributed by atoms with E-state index >= 15 is 0 Å². The Morgan fingerprint density at radius 2 is 2.00 bits per heavy atom. The molecule has 8 heteroatoms. The lowest BCUT2D eigenvalue weighted by molar-refractivity contribution is 0.0963. The molecule has 1 atom stereocenters. The van der Waals surface area contributed by atoms with Crippen LogP contribution in [0.5, 0.6) is 0 Å². The predicted molar refractivity (Wildman–Crippen MR) is 122 cm³/mol. The van der Waals surface area contributed by atoms with Gasteiger partial charge in [-0.1, -0.05) is 24.3 Å². The van der Waals surface area contributed by atoms with Crippen molar-refractivity contribution >= 4 is 17.5 Å². The zero-order valence-corrected chi connectivity index (χ0v) is 17.5. The predicted octanol–water partition coefficient (Wildman–Crippen LogP) is 4.24. The van der Waals surface area contributed by atoms with Crippen LogP contribution >= 0.6 is 0 Å². The topological polar surface area (TPSA) is 76.9 Å². The second kappa shape index (κ2) is 7.36. The summed E-state index contributed by atoms with van der Waals surface area (Å²) >= 11 is 0. The van der Waals surface area contributed by atoms with Crippen molar-refractivity contribution in [3.63, 3.8) is 0 Å². The van der Waals surface area contributed by atoms with E-state index in [1.807, 2.05) is 48.7 Å². The van der Waals surface area contributed by atoms with Crippen molar-refractivity contribution in [2.24, 2.45) is 0 Å². The maximum absolute atomic E-state index is 12.3. The fraction of sp³-hybridized carbons (Fsp3) is 0.160. The molecule has 2 aromatic heterocycles. The minimum atomic E-state index is -0.510. The first-order chi connectivity index (χ1) is 16.1. The van der Waals surface area contributed by atoms with Crippen molar-refractivity contribution in [2.75, 3.05) is 18.1 Å². The number of hydrogen-bond acceptors (Lipinski definition) is 4. The molecule has 0 aliphatic carbocycles. The minimum Gasteiger partial charge on any atom is -0.441 e. The lowest BCUT2D eigenvalue weighted by atomic mass is 10.1. The maximum atomic E-state index is 12.3. The average molecular weight is 437 g/mol. The van der Waals surface area contributed by atoms with Gasteiger partial charge in [-0.25, -0.2) is 14.6 Å². The van der Waals surface area contributed by atoms with Crippen LogP contribution in [-0.4, -0.2) is 44.6 Å². The fourth-order valence-corrected chi connectivity index (χ4v) is 4.51. The summed E-state index contributed by atoms with van der Waals surface area (Å²) in [6.45, 7) is 7.89. The van der Waals surface area contributed by atoms with Crippen LogP contribution in [0.4, 0.5) is 16.2 Å². The van der Waals surface area contributed by atoms with Crippen LogP contribution in [0, 0.1) is 6.57 Å². The Morgan fingerprint density at radius 1 is 1.15 bits per heavy atom. The number of aromatic nitrogens is 3. The van der Waals surface area contributed by atoms with Crippen LogP contribution in [-0.2, 0) is 11.3 Å². The van der Waals surface area contributed by atoms with Gasteiger partial charge in [0.05, 0.1) is 31.1 Å². The van der Waals surface area contributed by atoms with Gasteiger partial charge in [-0.3, -0.25) is 9.47 Å². The number of nitrogens with zero attached hydrogens (tertiary/aromatic N) is 5. The van der Waals surface area contributed by atoms with E-state index in [1.165, 1.54) is 0 Å². The Labute approximate surface area is 189 Å². The van der Waals surface area contributed by atoms with E-state index in [0.717, 1.165) is 39.6 Å². The van der Waals surface area contributed by atoms with E-state index in [-0.39, 0.29) is 6.61 Å². The van der Waals surface area contributed by atoms with Crippen LogP contribution in [0.2, 0.25) is 0 Å². The molecular formula is C25H19N5O3. The molecule has 0 bridgehead atoms. The average Bonchev–Trinajstić information content (AvgIpc) is 3.56. The van der Waals surface area contributed by atoms with Crippen molar-refractivity contribution in [1.29, 1.82) is 0 Å². The standard InChI is InChI=1S/C25H19N5O3/c1-26-19-4-2-16(3-5-19)17-11-23-24-27-8-9-29(24)22-7-6-20(10-18(22)13-28(23)12-17)30-14-21(15-31)33-25(30)32/h2-12,21,31H,13-15H2/t21-/m0/s1. The van der Waals surface area contributed by atoms with Crippen LogP contribution in [0.15, 0.2) is 67.1 Å². The SMILES string of the molecule is [C-]#[N+]c1ccc(-c2cc3n(c2)Cc2cc(N4C[C@@H](CO)OC4=O)ccc2-n2ccnc2-3)cc1. The maximum Gasteiger partial charge on any atom is 0.414 e. The first-order valence-electron chi connectivity index (χ1n) is 10.6. The molecule has 0 unspecified atom stereocenters. The Kier molecular flexibility index (Phi) is 4.31. The van der Waals surface area contributed by atoms with E-state index in [2.05, 4.69) is 31.2 Å². The Bertz CT molecular complexity index is 1430. The van der Waals surface area contributed by atoms with Crippen LogP contribution in [0.25, 0.3) is 33.2 Å². The van der Waals surface area contributed by atoms with Crippen LogP contribution in [0.3, 0.4) is 0 Å². The number of fused-ring (bicyclic) bond motifs is 5. The normalized spacial score (nSPS) is 16.4. The molecule has 1 N–H and O–H groups in total. The van der Waals surface area contributed by atoms with Gasteiger partial charge in [0, 0.05) is 36.4 Å². The zero-order valence-electron chi connectivity index (χ0n) is 17.5. The molecule has 4 heterocycles. The lowest BCUT2D eigenvalue weighted by Gasteiger charge is -2.17. The summed E-state index contributed by atoms with van der Waals surface area (Å²) in [6, 6.07) is 15.6. The van der Waals surface area contributed by atoms with Crippen molar-refractivity contribution < 1.29 is 14.6 Å². The number of carbonyl (C=O) groups excluding carboxylic acids is 1. The van der Waals surface area contributed by atoms with Gasteiger partial charge in [-0.05, 0) is 35.4 Å². The molecule has 8 nitrogen and oxygen atoms in total. The Hall–Kier alpha value is -4.35. The summed E-state index contributed by atoms with van der Waals surface area (Å²) in [5.74, 6) is 0.839. The van der Waals surface area contributed by atoms with Gasteiger partial charge in [0.2, 0.25) is 0 Å². The molecule has 4 aromatic rings. The van der Waals surface area contributed by atoms with Gasteiger partial charge in [0.25, 0.3) is 0 Å². The first-order valence-corrected chi connectivity index (χ1v) is 10.6. The second-order valence-electron chi connectivity index (χ2n) is 8.13. The summed E-state index contributed by atoms with van der Waals surface area (Å²) in [6.07, 6.45) is 4.85. The number of rotatable bonds is 3. The highest BCUT2D eigenvalue weighted by Crippen LogP contribution is 2.36. The van der Waals surface area contributed by atoms with Crippen LogP contribution in [0.1, 0.15) is 5.56 Å². The smallest absolute Gasteiger partial charge is 0.414 e. The van der Waals surface area contributed by atoms with Crippen molar-refractivity contribution in [1.82, 2.24) is 14.1 Å². The zero-order chi connectivity index (χ0) is 22.5. The van der Waals surface area contributed by atoms with Gasteiger partial charge in [0.15, 0.2) is 11.5 Å². The molecular weight excluding hydrogens is 418 g/mol. The summed E-state index contributed by atoms with van der Waals surface area (Å²) in [5, 5.41) is 9.37. The molecule has 0 spiro atoms. The van der Waals surface area contributed by atoms with E-state index in [4.69, 9.17) is 11.3 Å². The molecule has 2 aliphatic rings. The number of aliphatic hydroxyl groups excluding tert-OH is 1.